The van der Waals surface area contributed by atoms with E-state index >= 15 is 0 Å². The van der Waals surface area contributed by atoms with Gasteiger partial charge in [0.2, 0.25) is 0 Å². The van der Waals surface area contributed by atoms with Crippen molar-refractivity contribution in [1.82, 2.24) is 25.2 Å². The topological polar surface area (TPSA) is 93.8 Å². The van der Waals surface area contributed by atoms with Crippen LogP contribution in [0.3, 0.4) is 0 Å². The maximum atomic E-state index is 11.3. The molecule has 0 aliphatic carbocycles. The van der Waals surface area contributed by atoms with Gasteiger partial charge in [-0.25, -0.2) is 9.48 Å². The third-order valence-electron chi connectivity index (χ3n) is 2.77. The Balaban J connectivity index is 2.60. The third kappa shape index (κ3) is 1.83. The molecule has 0 aliphatic rings. The van der Waals surface area contributed by atoms with Gasteiger partial charge in [-0.05, 0) is 43.3 Å². The first-order valence-corrected chi connectivity index (χ1v) is 5.39. The molecule has 0 spiro atoms. The van der Waals surface area contributed by atoms with Gasteiger partial charge < -0.3 is 5.11 Å². The van der Waals surface area contributed by atoms with Crippen molar-refractivity contribution in [3.63, 3.8) is 0 Å². The van der Waals surface area contributed by atoms with Crippen LogP contribution in [0.25, 0.3) is 11.4 Å². The second-order valence-corrected chi connectivity index (χ2v) is 4.41. The molecular formula is C11H13N5O2. The lowest BCUT2D eigenvalue weighted by molar-refractivity contribution is -0.146. The van der Waals surface area contributed by atoms with Crippen LogP contribution in [0, 0.1) is 6.92 Å². The zero-order chi connectivity index (χ0) is 13.3. The second-order valence-electron chi connectivity index (χ2n) is 4.41. The van der Waals surface area contributed by atoms with Gasteiger partial charge in [0.25, 0.3) is 0 Å². The van der Waals surface area contributed by atoms with Crippen LogP contribution in [0.2, 0.25) is 0 Å². The van der Waals surface area contributed by atoms with Gasteiger partial charge in [0.1, 0.15) is 0 Å². The van der Waals surface area contributed by atoms with Gasteiger partial charge in [-0.2, -0.15) is 0 Å². The summed E-state index contributed by atoms with van der Waals surface area (Å²) < 4.78 is 1.29. The van der Waals surface area contributed by atoms with Crippen molar-refractivity contribution < 1.29 is 9.90 Å². The molecule has 7 nitrogen and oxygen atoms in total. The summed E-state index contributed by atoms with van der Waals surface area (Å²) in [5, 5.41) is 20.4. The largest absolute Gasteiger partial charge is 0.479 e. The van der Waals surface area contributed by atoms with Crippen LogP contribution >= 0.6 is 0 Å². The highest BCUT2D eigenvalue weighted by molar-refractivity contribution is 5.76. The summed E-state index contributed by atoms with van der Waals surface area (Å²) in [6, 6.07) is 3.57. The molecule has 0 atom stereocenters. The van der Waals surface area contributed by atoms with Crippen molar-refractivity contribution in [2.45, 2.75) is 26.3 Å². The van der Waals surface area contributed by atoms with Crippen molar-refractivity contribution in [3.8, 4) is 11.4 Å². The summed E-state index contributed by atoms with van der Waals surface area (Å²) in [4.78, 5) is 15.4. The van der Waals surface area contributed by atoms with E-state index in [9.17, 15) is 9.90 Å². The van der Waals surface area contributed by atoms with Gasteiger partial charge in [0.05, 0.1) is 0 Å². The lowest BCUT2D eigenvalue weighted by Gasteiger charge is -2.20. The molecule has 0 aliphatic heterocycles. The van der Waals surface area contributed by atoms with Crippen molar-refractivity contribution in [3.05, 3.63) is 24.0 Å². The Hall–Kier alpha value is -2.31. The molecule has 0 amide bonds. The molecule has 94 valence electrons. The molecular weight excluding hydrogens is 234 g/mol. The first-order valence-electron chi connectivity index (χ1n) is 5.39. The lowest BCUT2D eigenvalue weighted by Crippen LogP contribution is -2.37. The van der Waals surface area contributed by atoms with E-state index < -0.39 is 11.5 Å². The number of hydrogen-bond donors (Lipinski definition) is 1. The molecule has 2 rings (SSSR count). The van der Waals surface area contributed by atoms with E-state index in [-0.39, 0.29) is 0 Å². The fourth-order valence-corrected chi connectivity index (χ4v) is 1.54. The fourth-order valence-electron chi connectivity index (χ4n) is 1.54. The van der Waals surface area contributed by atoms with Crippen LogP contribution in [0.1, 0.15) is 19.5 Å². The molecule has 2 aromatic rings. The molecule has 0 radical (unpaired) electrons. The number of tetrazole rings is 1. The number of hydrogen-bond acceptors (Lipinski definition) is 5. The van der Waals surface area contributed by atoms with Crippen molar-refractivity contribution in [2.24, 2.45) is 0 Å². The highest BCUT2D eigenvalue weighted by atomic mass is 16.4. The molecule has 7 heteroatoms. The number of carbonyl (C=O) groups is 1. The number of pyridine rings is 1. The molecule has 0 saturated heterocycles. The molecule has 0 bridgehead atoms. The van der Waals surface area contributed by atoms with Gasteiger partial charge in [0, 0.05) is 17.5 Å². The minimum Gasteiger partial charge on any atom is -0.479 e. The second kappa shape index (κ2) is 4.17. The van der Waals surface area contributed by atoms with Crippen LogP contribution in [0.4, 0.5) is 0 Å². The fraction of sp³-hybridized carbons (Fsp3) is 0.364. The Labute approximate surface area is 103 Å². The highest BCUT2D eigenvalue weighted by Crippen LogP contribution is 2.24. The predicted molar refractivity (Wildman–Crippen MR) is 62.7 cm³/mol. The number of carboxylic acid groups (broad SMARTS) is 1. The maximum absolute atomic E-state index is 11.3. The third-order valence-corrected chi connectivity index (χ3v) is 2.77. The molecule has 2 heterocycles. The van der Waals surface area contributed by atoms with Crippen molar-refractivity contribution >= 4 is 5.97 Å². The number of aliphatic carboxylic acids is 1. The minimum atomic E-state index is -1.22. The number of aromatic nitrogens is 5. The number of aryl methyl sites for hydroxylation is 1. The van der Waals surface area contributed by atoms with Gasteiger partial charge in [0.15, 0.2) is 11.4 Å². The van der Waals surface area contributed by atoms with Crippen LogP contribution in [0.15, 0.2) is 18.3 Å². The minimum absolute atomic E-state index is 0.396. The van der Waals surface area contributed by atoms with E-state index in [4.69, 9.17) is 0 Å². The quantitative estimate of drug-likeness (QED) is 0.864. The maximum Gasteiger partial charge on any atom is 0.331 e. The summed E-state index contributed by atoms with van der Waals surface area (Å²) in [7, 11) is 0. The van der Waals surface area contributed by atoms with Gasteiger partial charge >= 0.3 is 5.97 Å². The van der Waals surface area contributed by atoms with Gasteiger partial charge in [-0.3, -0.25) is 4.98 Å². The first-order chi connectivity index (χ1) is 8.44. The van der Waals surface area contributed by atoms with Crippen LogP contribution in [0.5, 0.6) is 0 Å². The van der Waals surface area contributed by atoms with Gasteiger partial charge in [-0.1, -0.05) is 0 Å². The average molecular weight is 247 g/mol. The van der Waals surface area contributed by atoms with Crippen molar-refractivity contribution in [2.75, 3.05) is 0 Å². The highest BCUT2D eigenvalue weighted by Gasteiger charge is 2.34. The standard InChI is InChI=1S/C11H13N5O2/c1-7-8(5-4-6-12-7)9-13-14-15-16(9)11(2,3)10(17)18/h4-6H,1-3H3,(H,17,18). The Morgan fingerprint density at radius 2 is 2.17 bits per heavy atom. The summed E-state index contributed by atoms with van der Waals surface area (Å²) in [6.45, 7) is 4.91. The predicted octanol–water partition coefficient (Wildman–Crippen LogP) is 0.863. The molecule has 0 unspecified atom stereocenters. The summed E-state index contributed by atoms with van der Waals surface area (Å²) >= 11 is 0. The number of carboxylic acids is 1. The average Bonchev–Trinajstić information content (AvgIpc) is 2.78. The monoisotopic (exact) mass is 247 g/mol. The summed E-state index contributed by atoms with van der Waals surface area (Å²) in [6.07, 6.45) is 1.66. The normalized spacial score (nSPS) is 11.5. The van der Waals surface area contributed by atoms with E-state index in [0.29, 0.717) is 5.82 Å². The van der Waals surface area contributed by atoms with E-state index in [1.807, 2.05) is 13.0 Å². The van der Waals surface area contributed by atoms with Crippen LogP contribution in [-0.2, 0) is 10.3 Å². The Bertz CT molecular complexity index is 591. The zero-order valence-corrected chi connectivity index (χ0v) is 10.3. The lowest BCUT2D eigenvalue weighted by atomic mass is 10.1. The summed E-state index contributed by atoms with van der Waals surface area (Å²) in [5.74, 6) is -0.606. The van der Waals surface area contributed by atoms with Crippen molar-refractivity contribution in [1.29, 1.82) is 0 Å². The van der Waals surface area contributed by atoms with E-state index in [1.54, 1.807) is 26.1 Å². The molecule has 0 fully saturated rings. The zero-order valence-electron chi connectivity index (χ0n) is 10.3. The molecule has 1 N–H and O–H groups in total. The SMILES string of the molecule is Cc1ncccc1-c1nnnn1C(C)(C)C(=O)O. The molecule has 0 saturated carbocycles. The molecule has 0 aromatic carbocycles. The number of rotatable bonds is 3. The smallest absolute Gasteiger partial charge is 0.331 e. The molecule has 2 aromatic heterocycles. The molecule has 18 heavy (non-hydrogen) atoms. The van der Waals surface area contributed by atoms with Gasteiger partial charge in [-0.15, -0.1) is 5.10 Å². The van der Waals surface area contributed by atoms with Crippen LogP contribution < -0.4 is 0 Å². The van der Waals surface area contributed by atoms with Crippen LogP contribution in [-0.4, -0.2) is 36.3 Å². The number of nitrogens with zero attached hydrogens (tertiary/aromatic N) is 5. The summed E-state index contributed by atoms with van der Waals surface area (Å²) in [5.41, 5.74) is 0.243. The Morgan fingerprint density at radius 3 is 2.78 bits per heavy atom. The Kier molecular flexibility index (Phi) is 2.82. The van der Waals surface area contributed by atoms with E-state index in [2.05, 4.69) is 20.5 Å². The Morgan fingerprint density at radius 1 is 1.44 bits per heavy atom. The van der Waals surface area contributed by atoms with E-state index in [0.717, 1.165) is 11.3 Å². The van der Waals surface area contributed by atoms with E-state index in [1.165, 1.54) is 4.68 Å². The first kappa shape index (κ1) is 12.2.